The SMILES string of the molecule is O=C(O)[C@@H]1C[C@@H]2CCCC[C@@H]2N1C(=O)Cc1ncc[nH]1. The van der Waals surface area contributed by atoms with Crippen LogP contribution in [0.2, 0.25) is 0 Å². The maximum atomic E-state index is 12.5. The number of carboxylic acid groups (broad SMARTS) is 1. The molecule has 1 amide bonds. The summed E-state index contributed by atoms with van der Waals surface area (Å²) in [6.07, 6.45) is 8.22. The van der Waals surface area contributed by atoms with Gasteiger partial charge in [0, 0.05) is 18.4 Å². The molecule has 1 aromatic heterocycles. The number of carbonyl (C=O) groups excluding carboxylic acids is 1. The molecule has 1 aliphatic heterocycles. The van der Waals surface area contributed by atoms with E-state index >= 15 is 0 Å². The van der Waals surface area contributed by atoms with Crippen LogP contribution in [0.4, 0.5) is 0 Å². The number of hydrogen-bond donors (Lipinski definition) is 2. The van der Waals surface area contributed by atoms with Crippen molar-refractivity contribution in [3.8, 4) is 0 Å². The molecule has 1 aromatic rings. The third-order valence-corrected chi connectivity index (χ3v) is 4.53. The van der Waals surface area contributed by atoms with Gasteiger partial charge >= 0.3 is 5.97 Å². The average Bonchev–Trinajstić information content (AvgIpc) is 3.04. The maximum absolute atomic E-state index is 12.5. The minimum Gasteiger partial charge on any atom is -0.480 e. The van der Waals surface area contributed by atoms with E-state index in [1.165, 1.54) is 0 Å². The molecular weight excluding hydrogens is 258 g/mol. The Labute approximate surface area is 117 Å². The zero-order valence-electron chi connectivity index (χ0n) is 11.3. The predicted molar refractivity (Wildman–Crippen MR) is 70.9 cm³/mol. The summed E-state index contributed by atoms with van der Waals surface area (Å²) in [6, 6.07) is -0.558. The number of aromatic nitrogens is 2. The highest BCUT2D eigenvalue weighted by Gasteiger charge is 2.47. The summed E-state index contributed by atoms with van der Waals surface area (Å²) < 4.78 is 0. The second-order valence-electron chi connectivity index (χ2n) is 5.72. The second-order valence-corrected chi connectivity index (χ2v) is 5.72. The zero-order chi connectivity index (χ0) is 14.1. The van der Waals surface area contributed by atoms with Gasteiger partial charge in [-0.15, -0.1) is 0 Å². The number of nitrogens with zero attached hydrogens (tertiary/aromatic N) is 2. The second kappa shape index (κ2) is 5.26. The standard InChI is InChI=1S/C14H19N3O3/c18-13(8-12-15-5-6-16-12)17-10-4-2-1-3-9(10)7-11(17)14(19)20/h5-6,9-11H,1-4,7-8H2,(H,15,16)(H,19,20)/t9-,10-,11-/m0/s1. The Kier molecular flexibility index (Phi) is 3.46. The molecule has 3 rings (SSSR count). The molecule has 2 fully saturated rings. The highest BCUT2D eigenvalue weighted by atomic mass is 16.4. The molecule has 2 N–H and O–H groups in total. The first-order chi connectivity index (χ1) is 9.66. The first kappa shape index (κ1) is 13.1. The third kappa shape index (κ3) is 2.30. The third-order valence-electron chi connectivity index (χ3n) is 4.53. The molecule has 0 radical (unpaired) electrons. The van der Waals surface area contributed by atoms with Crippen LogP contribution >= 0.6 is 0 Å². The summed E-state index contributed by atoms with van der Waals surface area (Å²) in [4.78, 5) is 32.5. The molecule has 20 heavy (non-hydrogen) atoms. The lowest BCUT2D eigenvalue weighted by atomic mass is 9.84. The van der Waals surface area contributed by atoms with E-state index in [0.29, 0.717) is 18.2 Å². The maximum Gasteiger partial charge on any atom is 0.326 e. The van der Waals surface area contributed by atoms with Crippen LogP contribution < -0.4 is 0 Å². The number of carbonyl (C=O) groups is 2. The van der Waals surface area contributed by atoms with Crippen molar-refractivity contribution in [3.63, 3.8) is 0 Å². The molecule has 0 bridgehead atoms. The molecular formula is C14H19N3O3. The number of fused-ring (bicyclic) bond motifs is 1. The van der Waals surface area contributed by atoms with Crippen LogP contribution in [0.1, 0.15) is 37.9 Å². The van der Waals surface area contributed by atoms with E-state index in [1.54, 1.807) is 17.3 Å². The quantitative estimate of drug-likeness (QED) is 0.869. The highest BCUT2D eigenvalue weighted by molar-refractivity contribution is 5.85. The fraction of sp³-hybridized carbons (Fsp3) is 0.643. The number of amides is 1. The van der Waals surface area contributed by atoms with Gasteiger partial charge in [0.25, 0.3) is 0 Å². The van der Waals surface area contributed by atoms with E-state index in [9.17, 15) is 14.7 Å². The zero-order valence-corrected chi connectivity index (χ0v) is 11.3. The van der Waals surface area contributed by atoms with E-state index in [1.807, 2.05) is 0 Å². The highest BCUT2D eigenvalue weighted by Crippen LogP contribution is 2.40. The number of aromatic amines is 1. The molecule has 0 aromatic carbocycles. The normalized spacial score (nSPS) is 29.2. The summed E-state index contributed by atoms with van der Waals surface area (Å²) in [5.74, 6) is -0.0576. The molecule has 1 saturated heterocycles. The van der Waals surface area contributed by atoms with Gasteiger partial charge in [0.05, 0.1) is 6.42 Å². The molecule has 3 atom stereocenters. The van der Waals surface area contributed by atoms with Gasteiger partial charge in [-0.25, -0.2) is 9.78 Å². The molecule has 1 saturated carbocycles. The largest absolute Gasteiger partial charge is 0.480 e. The molecule has 2 heterocycles. The molecule has 6 nitrogen and oxygen atoms in total. The Morgan fingerprint density at radius 2 is 2.20 bits per heavy atom. The molecule has 0 spiro atoms. The lowest BCUT2D eigenvalue weighted by Gasteiger charge is -2.32. The van der Waals surface area contributed by atoms with Crippen LogP contribution in [0.3, 0.4) is 0 Å². The van der Waals surface area contributed by atoms with Crippen molar-refractivity contribution in [1.82, 2.24) is 14.9 Å². The van der Waals surface area contributed by atoms with E-state index in [4.69, 9.17) is 0 Å². The number of likely N-dealkylation sites (tertiary alicyclic amines) is 1. The number of rotatable bonds is 3. The molecule has 1 aliphatic carbocycles. The van der Waals surface area contributed by atoms with Gasteiger partial charge in [-0.2, -0.15) is 0 Å². The topological polar surface area (TPSA) is 86.3 Å². The molecule has 0 unspecified atom stereocenters. The first-order valence-electron chi connectivity index (χ1n) is 7.19. The minimum absolute atomic E-state index is 0.104. The number of hydrogen-bond acceptors (Lipinski definition) is 3. The lowest BCUT2D eigenvalue weighted by Crippen LogP contribution is -2.47. The van der Waals surface area contributed by atoms with Crippen LogP contribution in [0.25, 0.3) is 0 Å². The van der Waals surface area contributed by atoms with Crippen LogP contribution in [-0.2, 0) is 16.0 Å². The van der Waals surface area contributed by atoms with Gasteiger partial charge in [-0.1, -0.05) is 12.8 Å². The van der Waals surface area contributed by atoms with E-state index in [0.717, 1.165) is 25.7 Å². The van der Waals surface area contributed by atoms with Crippen molar-refractivity contribution in [2.75, 3.05) is 0 Å². The van der Waals surface area contributed by atoms with Crippen molar-refractivity contribution in [3.05, 3.63) is 18.2 Å². The average molecular weight is 277 g/mol. The van der Waals surface area contributed by atoms with Crippen molar-refractivity contribution in [2.45, 2.75) is 50.6 Å². The monoisotopic (exact) mass is 277 g/mol. The molecule has 6 heteroatoms. The Morgan fingerprint density at radius 1 is 1.40 bits per heavy atom. The van der Waals surface area contributed by atoms with Gasteiger partial charge < -0.3 is 15.0 Å². The van der Waals surface area contributed by atoms with Crippen molar-refractivity contribution >= 4 is 11.9 Å². The summed E-state index contributed by atoms with van der Waals surface area (Å²) in [5.41, 5.74) is 0. The van der Waals surface area contributed by atoms with Crippen molar-refractivity contribution in [1.29, 1.82) is 0 Å². The summed E-state index contributed by atoms with van der Waals surface area (Å²) in [7, 11) is 0. The number of carboxylic acids is 1. The van der Waals surface area contributed by atoms with Crippen molar-refractivity contribution in [2.24, 2.45) is 5.92 Å². The Hall–Kier alpha value is -1.85. The van der Waals surface area contributed by atoms with E-state index in [-0.39, 0.29) is 18.4 Å². The van der Waals surface area contributed by atoms with Crippen LogP contribution in [0.5, 0.6) is 0 Å². The number of nitrogens with one attached hydrogen (secondary N) is 1. The first-order valence-corrected chi connectivity index (χ1v) is 7.19. The molecule has 108 valence electrons. The fourth-order valence-electron chi connectivity index (χ4n) is 3.67. The smallest absolute Gasteiger partial charge is 0.326 e. The number of aliphatic carboxylic acids is 1. The van der Waals surface area contributed by atoms with E-state index in [2.05, 4.69) is 9.97 Å². The summed E-state index contributed by atoms with van der Waals surface area (Å²) in [5, 5.41) is 9.39. The fourth-order valence-corrected chi connectivity index (χ4v) is 3.67. The number of imidazole rings is 1. The summed E-state index contributed by atoms with van der Waals surface area (Å²) >= 11 is 0. The Bertz CT molecular complexity index is 500. The van der Waals surface area contributed by atoms with Crippen LogP contribution in [-0.4, -0.2) is 43.9 Å². The van der Waals surface area contributed by atoms with Crippen molar-refractivity contribution < 1.29 is 14.7 Å². The number of H-pyrrole nitrogens is 1. The minimum atomic E-state index is -0.882. The van der Waals surface area contributed by atoms with Gasteiger partial charge in [0.1, 0.15) is 11.9 Å². The Balaban J connectivity index is 1.79. The Morgan fingerprint density at radius 3 is 2.90 bits per heavy atom. The van der Waals surface area contributed by atoms with Gasteiger partial charge in [-0.05, 0) is 25.2 Å². The van der Waals surface area contributed by atoms with Crippen LogP contribution in [0.15, 0.2) is 12.4 Å². The lowest BCUT2D eigenvalue weighted by molar-refractivity contribution is -0.149. The van der Waals surface area contributed by atoms with E-state index < -0.39 is 12.0 Å². The van der Waals surface area contributed by atoms with Gasteiger partial charge in [-0.3, -0.25) is 4.79 Å². The summed E-state index contributed by atoms with van der Waals surface area (Å²) in [6.45, 7) is 0. The predicted octanol–water partition coefficient (Wildman–Crippen LogP) is 1.20. The van der Waals surface area contributed by atoms with Gasteiger partial charge in [0.2, 0.25) is 5.91 Å². The van der Waals surface area contributed by atoms with Crippen LogP contribution in [0, 0.1) is 5.92 Å². The van der Waals surface area contributed by atoms with Gasteiger partial charge in [0.15, 0.2) is 0 Å². The molecule has 2 aliphatic rings.